The summed E-state index contributed by atoms with van der Waals surface area (Å²) in [5.41, 5.74) is 1.63. The third-order valence-corrected chi connectivity index (χ3v) is 3.21. The highest BCUT2D eigenvalue weighted by Crippen LogP contribution is 2.05. The van der Waals surface area contributed by atoms with Gasteiger partial charge in [0.2, 0.25) is 0 Å². The molecule has 0 fully saturated rings. The Morgan fingerprint density at radius 1 is 1.35 bits per heavy atom. The zero-order valence-corrected chi connectivity index (χ0v) is 13.0. The van der Waals surface area contributed by atoms with Gasteiger partial charge in [0.25, 0.3) is 5.56 Å². The summed E-state index contributed by atoms with van der Waals surface area (Å²) in [6.45, 7) is 12.1. The van der Waals surface area contributed by atoms with Crippen LogP contribution in [-0.4, -0.2) is 26.3 Å². The van der Waals surface area contributed by atoms with Crippen molar-refractivity contribution in [1.29, 1.82) is 0 Å². The Bertz CT molecular complexity index is 648. The fraction of sp³-hybridized carbons (Fsp3) is 0.600. The molecule has 2 rings (SSSR count). The Kier molecular flexibility index (Phi) is 3.99. The zero-order chi connectivity index (χ0) is 14.9. The first kappa shape index (κ1) is 14.8. The van der Waals surface area contributed by atoms with E-state index in [0.29, 0.717) is 18.0 Å². The van der Waals surface area contributed by atoms with Gasteiger partial charge in [-0.25, -0.2) is 4.52 Å². The van der Waals surface area contributed by atoms with Crippen LogP contribution in [0.5, 0.6) is 0 Å². The van der Waals surface area contributed by atoms with E-state index in [1.807, 2.05) is 25.4 Å². The summed E-state index contributed by atoms with van der Waals surface area (Å²) < 4.78 is 3.41. The Labute approximate surface area is 119 Å². The predicted molar refractivity (Wildman–Crippen MR) is 81.1 cm³/mol. The van der Waals surface area contributed by atoms with E-state index in [9.17, 15) is 4.79 Å². The molecular formula is C15H24N4O. The molecular weight excluding hydrogens is 252 g/mol. The van der Waals surface area contributed by atoms with E-state index in [1.165, 1.54) is 0 Å². The maximum atomic E-state index is 12.4. The van der Waals surface area contributed by atoms with Gasteiger partial charge in [0.15, 0.2) is 0 Å². The van der Waals surface area contributed by atoms with Crippen molar-refractivity contribution in [2.24, 2.45) is 5.92 Å². The molecule has 2 aromatic heterocycles. The van der Waals surface area contributed by atoms with Crippen LogP contribution in [0.25, 0.3) is 5.52 Å². The molecule has 0 aromatic carbocycles. The number of nitrogens with one attached hydrogen (secondary N) is 1. The third-order valence-electron chi connectivity index (χ3n) is 3.21. The maximum absolute atomic E-state index is 12.4. The lowest BCUT2D eigenvalue weighted by atomic mass is 10.1. The zero-order valence-electron chi connectivity index (χ0n) is 13.0. The molecule has 5 heteroatoms. The van der Waals surface area contributed by atoms with E-state index in [4.69, 9.17) is 0 Å². The van der Waals surface area contributed by atoms with Crippen molar-refractivity contribution in [1.82, 2.24) is 19.5 Å². The summed E-state index contributed by atoms with van der Waals surface area (Å²) in [6.07, 6.45) is 3.66. The molecule has 0 spiro atoms. The summed E-state index contributed by atoms with van der Waals surface area (Å²) in [6, 6.07) is 1.83. The molecule has 0 aliphatic carbocycles. The van der Waals surface area contributed by atoms with Gasteiger partial charge in [0.1, 0.15) is 5.52 Å². The molecule has 1 atom stereocenters. The SMILES string of the molecule is Cc1cc2c(=O)n(CC(C)CNC(C)(C)C)ccn2n1. The molecule has 20 heavy (non-hydrogen) atoms. The molecule has 0 saturated carbocycles. The number of aromatic nitrogens is 3. The molecule has 110 valence electrons. The number of nitrogens with zero attached hydrogens (tertiary/aromatic N) is 3. The lowest BCUT2D eigenvalue weighted by molar-refractivity contribution is 0.358. The number of rotatable bonds is 4. The first-order valence-electron chi connectivity index (χ1n) is 7.07. The Morgan fingerprint density at radius 3 is 2.70 bits per heavy atom. The molecule has 1 unspecified atom stereocenters. The van der Waals surface area contributed by atoms with Crippen LogP contribution in [0.15, 0.2) is 23.3 Å². The Hall–Kier alpha value is -1.62. The van der Waals surface area contributed by atoms with Crippen molar-refractivity contribution in [3.8, 4) is 0 Å². The van der Waals surface area contributed by atoms with E-state index < -0.39 is 0 Å². The fourth-order valence-corrected chi connectivity index (χ4v) is 2.17. The van der Waals surface area contributed by atoms with E-state index in [2.05, 4.69) is 38.1 Å². The van der Waals surface area contributed by atoms with Crippen LogP contribution in [-0.2, 0) is 6.54 Å². The Morgan fingerprint density at radius 2 is 2.05 bits per heavy atom. The first-order valence-corrected chi connectivity index (χ1v) is 7.07. The van der Waals surface area contributed by atoms with Gasteiger partial charge in [-0.15, -0.1) is 0 Å². The van der Waals surface area contributed by atoms with Gasteiger partial charge in [0.05, 0.1) is 5.69 Å². The summed E-state index contributed by atoms with van der Waals surface area (Å²) in [7, 11) is 0. The second-order valence-electron chi connectivity index (χ2n) is 6.61. The fourth-order valence-electron chi connectivity index (χ4n) is 2.17. The van der Waals surface area contributed by atoms with E-state index in [1.54, 1.807) is 9.08 Å². The third kappa shape index (κ3) is 3.48. The van der Waals surface area contributed by atoms with Crippen molar-refractivity contribution >= 4 is 5.52 Å². The monoisotopic (exact) mass is 276 g/mol. The van der Waals surface area contributed by atoms with E-state index in [0.717, 1.165) is 12.2 Å². The lowest BCUT2D eigenvalue weighted by Gasteiger charge is -2.23. The van der Waals surface area contributed by atoms with E-state index >= 15 is 0 Å². The molecule has 0 aliphatic heterocycles. The second-order valence-corrected chi connectivity index (χ2v) is 6.61. The molecule has 0 amide bonds. The molecule has 0 aliphatic rings. The van der Waals surface area contributed by atoms with Gasteiger partial charge in [0, 0.05) is 24.5 Å². The minimum atomic E-state index is 0.0238. The summed E-state index contributed by atoms with van der Waals surface area (Å²) in [5, 5.41) is 7.72. The smallest absolute Gasteiger partial charge is 0.276 e. The number of fused-ring (bicyclic) bond motifs is 1. The second kappa shape index (κ2) is 5.40. The van der Waals surface area contributed by atoms with Gasteiger partial charge in [-0.1, -0.05) is 6.92 Å². The Balaban J connectivity index is 2.13. The molecule has 0 bridgehead atoms. The van der Waals surface area contributed by atoms with Crippen LogP contribution in [0.4, 0.5) is 0 Å². The largest absolute Gasteiger partial charge is 0.312 e. The number of aryl methyl sites for hydroxylation is 1. The molecule has 2 aromatic rings. The molecule has 0 radical (unpaired) electrons. The molecule has 2 heterocycles. The first-order chi connectivity index (χ1) is 9.26. The van der Waals surface area contributed by atoms with Crippen molar-refractivity contribution in [2.75, 3.05) is 6.54 Å². The van der Waals surface area contributed by atoms with Gasteiger partial charge in [-0.3, -0.25) is 4.79 Å². The van der Waals surface area contributed by atoms with Crippen LogP contribution >= 0.6 is 0 Å². The van der Waals surface area contributed by atoms with Crippen LogP contribution in [0.3, 0.4) is 0 Å². The van der Waals surface area contributed by atoms with Gasteiger partial charge in [-0.2, -0.15) is 5.10 Å². The maximum Gasteiger partial charge on any atom is 0.276 e. The molecule has 5 nitrogen and oxygen atoms in total. The average molecular weight is 276 g/mol. The van der Waals surface area contributed by atoms with Crippen molar-refractivity contribution in [3.63, 3.8) is 0 Å². The van der Waals surface area contributed by atoms with Crippen LogP contribution in [0.2, 0.25) is 0 Å². The van der Waals surface area contributed by atoms with E-state index in [-0.39, 0.29) is 11.1 Å². The minimum absolute atomic E-state index is 0.0238. The van der Waals surface area contributed by atoms with Crippen molar-refractivity contribution in [3.05, 3.63) is 34.5 Å². The molecule has 0 saturated heterocycles. The number of hydrogen-bond acceptors (Lipinski definition) is 3. The summed E-state index contributed by atoms with van der Waals surface area (Å²) >= 11 is 0. The highest BCUT2D eigenvalue weighted by molar-refractivity contribution is 5.44. The predicted octanol–water partition coefficient (Wildman–Crippen LogP) is 1.83. The summed E-state index contributed by atoms with van der Waals surface area (Å²) in [4.78, 5) is 12.4. The molecule has 1 N–H and O–H groups in total. The van der Waals surface area contributed by atoms with Gasteiger partial charge >= 0.3 is 0 Å². The van der Waals surface area contributed by atoms with Crippen LogP contribution in [0.1, 0.15) is 33.4 Å². The quantitative estimate of drug-likeness (QED) is 0.927. The normalized spacial score (nSPS) is 13.8. The topological polar surface area (TPSA) is 51.3 Å². The van der Waals surface area contributed by atoms with Crippen LogP contribution in [0, 0.1) is 12.8 Å². The van der Waals surface area contributed by atoms with Crippen molar-refractivity contribution < 1.29 is 0 Å². The number of hydrogen-bond donors (Lipinski definition) is 1. The average Bonchev–Trinajstić information content (AvgIpc) is 2.71. The highest BCUT2D eigenvalue weighted by atomic mass is 16.1. The lowest BCUT2D eigenvalue weighted by Crippen LogP contribution is -2.40. The summed E-state index contributed by atoms with van der Waals surface area (Å²) in [5.74, 6) is 0.387. The van der Waals surface area contributed by atoms with Gasteiger partial charge in [-0.05, 0) is 46.2 Å². The van der Waals surface area contributed by atoms with Crippen molar-refractivity contribution in [2.45, 2.75) is 46.7 Å². The minimum Gasteiger partial charge on any atom is -0.312 e. The standard InChI is InChI=1S/C15H24N4O/c1-11(9-16-15(3,4)5)10-18-6-7-19-13(14(18)20)8-12(2)17-19/h6-8,11,16H,9-10H2,1-5H3. The highest BCUT2D eigenvalue weighted by Gasteiger charge is 2.13. The van der Waals surface area contributed by atoms with Crippen LogP contribution < -0.4 is 10.9 Å². The van der Waals surface area contributed by atoms with Gasteiger partial charge < -0.3 is 9.88 Å².